The van der Waals surface area contributed by atoms with Gasteiger partial charge < -0.3 is 10.4 Å². The number of nitrogens with one attached hydrogen (secondary N) is 1. The van der Waals surface area contributed by atoms with Gasteiger partial charge in [-0.05, 0) is 24.6 Å². The molecular weight excluding hydrogens is 328 g/mol. The van der Waals surface area contributed by atoms with E-state index in [4.69, 9.17) is 0 Å². The molecule has 0 unspecified atom stereocenters. The minimum Gasteiger partial charge on any atom is -0.386 e. The van der Waals surface area contributed by atoms with E-state index < -0.39 is 29.7 Å². The summed E-state index contributed by atoms with van der Waals surface area (Å²) in [6.07, 6.45) is -1.17. The topological polar surface area (TPSA) is 66.4 Å². The molecule has 1 amide bonds. The Labute approximate surface area is 144 Å². The molecule has 2 aromatic rings. The molecule has 0 aliphatic rings. The molecule has 132 valence electrons. The molecule has 0 spiro atoms. The Morgan fingerprint density at radius 3 is 2.36 bits per heavy atom. The molecular formula is C19H19F2NO3. The molecule has 0 aromatic heterocycles. The van der Waals surface area contributed by atoms with Crippen LogP contribution in [0.5, 0.6) is 0 Å². The minimum absolute atomic E-state index is 0.0252. The number of hydrogen-bond donors (Lipinski definition) is 2. The summed E-state index contributed by atoms with van der Waals surface area (Å²) in [6.45, 7) is 1.54. The zero-order valence-corrected chi connectivity index (χ0v) is 13.7. The minimum atomic E-state index is -1.19. The van der Waals surface area contributed by atoms with Gasteiger partial charge in [0.2, 0.25) is 5.91 Å². The Kier molecular flexibility index (Phi) is 6.36. The number of hydrogen-bond acceptors (Lipinski definition) is 3. The van der Waals surface area contributed by atoms with Crippen molar-refractivity contribution in [2.24, 2.45) is 0 Å². The van der Waals surface area contributed by atoms with Crippen LogP contribution in [0.3, 0.4) is 0 Å². The molecule has 0 bridgehead atoms. The molecule has 0 radical (unpaired) electrons. The average molecular weight is 347 g/mol. The van der Waals surface area contributed by atoms with Crippen molar-refractivity contribution in [1.82, 2.24) is 5.32 Å². The Morgan fingerprint density at radius 1 is 1.04 bits per heavy atom. The lowest BCUT2D eigenvalue weighted by Gasteiger charge is -2.20. The monoisotopic (exact) mass is 347 g/mol. The Hall–Kier alpha value is -2.60. The highest BCUT2D eigenvalue weighted by molar-refractivity contribution is 5.97. The molecule has 6 heteroatoms. The summed E-state index contributed by atoms with van der Waals surface area (Å²) >= 11 is 0. The van der Waals surface area contributed by atoms with E-state index in [0.29, 0.717) is 5.56 Å². The van der Waals surface area contributed by atoms with Crippen LogP contribution in [0, 0.1) is 11.6 Å². The number of aliphatic hydroxyl groups is 1. The van der Waals surface area contributed by atoms with E-state index in [-0.39, 0.29) is 24.2 Å². The van der Waals surface area contributed by atoms with Crippen LogP contribution in [0.15, 0.2) is 48.5 Å². The normalized spacial score (nSPS) is 13.1. The Bertz CT molecular complexity index is 750. The van der Waals surface area contributed by atoms with Crippen LogP contribution in [-0.2, 0) is 4.79 Å². The molecule has 2 aromatic carbocycles. The van der Waals surface area contributed by atoms with Gasteiger partial charge in [0.15, 0.2) is 17.4 Å². The summed E-state index contributed by atoms with van der Waals surface area (Å²) in [6, 6.07) is 11.0. The average Bonchev–Trinajstić information content (AvgIpc) is 2.62. The van der Waals surface area contributed by atoms with Gasteiger partial charge in [0.25, 0.3) is 0 Å². The van der Waals surface area contributed by atoms with Gasteiger partial charge in [-0.25, -0.2) is 8.78 Å². The zero-order chi connectivity index (χ0) is 18.4. The third-order valence-electron chi connectivity index (χ3n) is 3.82. The molecule has 0 saturated heterocycles. The van der Waals surface area contributed by atoms with Crippen LogP contribution < -0.4 is 5.32 Å². The van der Waals surface area contributed by atoms with Crippen LogP contribution in [0.1, 0.15) is 41.8 Å². The predicted octanol–water partition coefficient (Wildman–Crippen LogP) is 3.17. The summed E-state index contributed by atoms with van der Waals surface area (Å²) in [5.74, 6) is -2.63. The van der Waals surface area contributed by atoms with Gasteiger partial charge in [-0.15, -0.1) is 0 Å². The van der Waals surface area contributed by atoms with E-state index in [2.05, 4.69) is 5.32 Å². The van der Waals surface area contributed by atoms with Gasteiger partial charge in [-0.1, -0.05) is 36.4 Å². The molecule has 0 aliphatic carbocycles. The molecule has 25 heavy (non-hydrogen) atoms. The summed E-state index contributed by atoms with van der Waals surface area (Å²) in [4.78, 5) is 23.9. The molecule has 0 aliphatic heterocycles. The van der Waals surface area contributed by atoms with Crippen molar-refractivity contribution in [3.05, 3.63) is 71.3 Å². The van der Waals surface area contributed by atoms with Crippen molar-refractivity contribution in [2.75, 3.05) is 0 Å². The number of benzene rings is 2. The Morgan fingerprint density at radius 2 is 1.72 bits per heavy atom. The number of carbonyl (C=O) groups excluding carboxylic acids is 2. The maximum Gasteiger partial charge on any atom is 0.220 e. The van der Waals surface area contributed by atoms with E-state index in [1.165, 1.54) is 6.07 Å². The first-order chi connectivity index (χ1) is 11.9. The van der Waals surface area contributed by atoms with Crippen LogP contribution >= 0.6 is 0 Å². The van der Waals surface area contributed by atoms with Gasteiger partial charge >= 0.3 is 0 Å². The lowest BCUT2D eigenvalue weighted by molar-refractivity contribution is -0.122. The van der Waals surface area contributed by atoms with Gasteiger partial charge in [0.1, 0.15) is 0 Å². The maximum atomic E-state index is 13.2. The second kappa shape index (κ2) is 8.48. The summed E-state index contributed by atoms with van der Waals surface area (Å²) in [7, 11) is 0. The number of halogens is 2. The summed E-state index contributed by atoms with van der Waals surface area (Å²) in [5.41, 5.74) is 0.692. The van der Waals surface area contributed by atoms with Crippen LogP contribution in [0.25, 0.3) is 0 Å². The van der Waals surface area contributed by atoms with Crippen molar-refractivity contribution in [2.45, 2.75) is 31.9 Å². The van der Waals surface area contributed by atoms with Gasteiger partial charge in [0.05, 0.1) is 12.1 Å². The van der Waals surface area contributed by atoms with E-state index >= 15 is 0 Å². The first-order valence-electron chi connectivity index (χ1n) is 7.89. The van der Waals surface area contributed by atoms with Crippen LogP contribution in [-0.4, -0.2) is 22.8 Å². The Balaban J connectivity index is 1.86. The van der Waals surface area contributed by atoms with Crippen molar-refractivity contribution < 1.29 is 23.5 Å². The first-order valence-corrected chi connectivity index (χ1v) is 7.89. The van der Waals surface area contributed by atoms with Crippen molar-refractivity contribution >= 4 is 11.7 Å². The largest absolute Gasteiger partial charge is 0.386 e. The molecule has 2 atom stereocenters. The quantitative estimate of drug-likeness (QED) is 0.756. The third kappa shape index (κ3) is 5.19. The molecule has 2 rings (SSSR count). The summed E-state index contributed by atoms with van der Waals surface area (Å²) < 4.78 is 26.2. The number of ketones is 1. The van der Waals surface area contributed by atoms with Gasteiger partial charge in [0, 0.05) is 18.4 Å². The summed E-state index contributed by atoms with van der Waals surface area (Å²) in [5, 5.41) is 12.7. The highest BCUT2D eigenvalue weighted by Crippen LogP contribution is 2.19. The van der Waals surface area contributed by atoms with Crippen LogP contribution in [0.2, 0.25) is 0 Å². The van der Waals surface area contributed by atoms with E-state index in [1.807, 2.05) is 0 Å². The predicted molar refractivity (Wildman–Crippen MR) is 88.9 cm³/mol. The molecule has 2 N–H and O–H groups in total. The van der Waals surface area contributed by atoms with Gasteiger partial charge in [-0.3, -0.25) is 9.59 Å². The fourth-order valence-electron chi connectivity index (χ4n) is 2.39. The molecule has 4 nitrogen and oxygen atoms in total. The van der Waals surface area contributed by atoms with E-state index in [1.54, 1.807) is 37.3 Å². The number of carbonyl (C=O) groups is 2. The maximum absolute atomic E-state index is 13.2. The second-order valence-electron chi connectivity index (χ2n) is 5.76. The second-order valence-corrected chi connectivity index (χ2v) is 5.76. The fourth-order valence-corrected chi connectivity index (χ4v) is 2.39. The van der Waals surface area contributed by atoms with Gasteiger partial charge in [-0.2, -0.15) is 0 Å². The SMILES string of the molecule is C[C@@H](NC(=O)CCC(=O)c1ccccc1)[C@H](O)c1ccc(F)c(F)c1. The zero-order valence-electron chi connectivity index (χ0n) is 13.7. The van der Waals surface area contributed by atoms with E-state index in [0.717, 1.165) is 12.1 Å². The van der Waals surface area contributed by atoms with Crippen molar-refractivity contribution in [1.29, 1.82) is 0 Å². The fraction of sp³-hybridized carbons (Fsp3) is 0.263. The number of rotatable bonds is 7. The lowest BCUT2D eigenvalue weighted by atomic mass is 10.0. The molecule has 0 saturated carbocycles. The van der Waals surface area contributed by atoms with Crippen molar-refractivity contribution in [3.8, 4) is 0 Å². The molecule has 0 fully saturated rings. The first kappa shape index (κ1) is 18.7. The highest BCUT2D eigenvalue weighted by atomic mass is 19.2. The number of amides is 1. The number of aliphatic hydroxyl groups excluding tert-OH is 1. The highest BCUT2D eigenvalue weighted by Gasteiger charge is 2.20. The molecule has 0 heterocycles. The number of Topliss-reactive ketones (excluding diaryl/α,β-unsaturated/α-hetero) is 1. The lowest BCUT2D eigenvalue weighted by Crippen LogP contribution is -2.37. The van der Waals surface area contributed by atoms with Crippen molar-refractivity contribution in [3.63, 3.8) is 0 Å². The van der Waals surface area contributed by atoms with E-state index in [9.17, 15) is 23.5 Å². The van der Waals surface area contributed by atoms with Crippen LogP contribution in [0.4, 0.5) is 8.78 Å². The smallest absolute Gasteiger partial charge is 0.220 e. The standard InChI is InChI=1S/C19H19F2NO3/c1-12(19(25)14-7-8-15(20)16(21)11-14)22-18(24)10-9-17(23)13-5-3-2-4-6-13/h2-8,11-12,19,25H,9-10H2,1H3,(H,22,24)/t12-,19+/m1/s1. The third-order valence-corrected chi connectivity index (χ3v) is 3.82.